The van der Waals surface area contributed by atoms with Gasteiger partial charge >= 0.3 is 0 Å². The fourth-order valence-corrected chi connectivity index (χ4v) is 1.50. The van der Waals surface area contributed by atoms with E-state index in [1.807, 2.05) is 19.1 Å². The molecular formula is C12H17N2O-. The maximum atomic E-state index is 11.4. The van der Waals surface area contributed by atoms with E-state index in [1.54, 1.807) is 11.9 Å². The number of nitrogens with zero attached hydrogens (tertiary/aromatic N) is 2. The van der Waals surface area contributed by atoms with Gasteiger partial charge in [-0.05, 0) is 36.6 Å². The maximum absolute atomic E-state index is 11.4. The van der Waals surface area contributed by atoms with Gasteiger partial charge in [0.1, 0.15) is 0 Å². The lowest BCUT2D eigenvalue weighted by Gasteiger charge is -2.25. The van der Waals surface area contributed by atoms with E-state index in [-0.39, 0.29) is 6.02 Å². The van der Waals surface area contributed by atoms with Crippen LogP contribution in [0.2, 0.25) is 0 Å². The molecule has 0 radical (unpaired) electrons. The topological polar surface area (TPSA) is 38.7 Å². The molecular weight excluding hydrogens is 188 g/mol. The van der Waals surface area contributed by atoms with Crippen LogP contribution < -0.4 is 10.0 Å². The van der Waals surface area contributed by atoms with Crippen molar-refractivity contribution < 1.29 is 5.11 Å². The molecule has 0 fully saturated rings. The van der Waals surface area contributed by atoms with Crippen LogP contribution in [0, 0.1) is 6.92 Å². The van der Waals surface area contributed by atoms with Crippen molar-refractivity contribution in [1.29, 1.82) is 0 Å². The van der Waals surface area contributed by atoms with E-state index in [0.717, 1.165) is 12.1 Å². The van der Waals surface area contributed by atoms with Crippen molar-refractivity contribution in [2.24, 2.45) is 4.99 Å². The molecule has 0 unspecified atom stereocenters. The van der Waals surface area contributed by atoms with E-state index >= 15 is 0 Å². The normalized spacial score (nSPS) is 11.6. The van der Waals surface area contributed by atoms with Gasteiger partial charge in [0.25, 0.3) is 0 Å². The summed E-state index contributed by atoms with van der Waals surface area (Å²) in [7, 11) is 3.25. The highest BCUT2D eigenvalue weighted by Crippen LogP contribution is 2.18. The predicted octanol–water partition coefficient (Wildman–Crippen LogP) is 1.34. The summed E-state index contributed by atoms with van der Waals surface area (Å²) >= 11 is 0. The summed E-state index contributed by atoms with van der Waals surface area (Å²) in [5.41, 5.74) is 3.31. The molecule has 0 N–H and O–H groups in total. The van der Waals surface area contributed by atoms with Crippen molar-refractivity contribution in [1.82, 2.24) is 0 Å². The molecule has 3 nitrogen and oxygen atoms in total. The van der Waals surface area contributed by atoms with Crippen molar-refractivity contribution in [3.8, 4) is 0 Å². The molecule has 0 aliphatic carbocycles. The van der Waals surface area contributed by atoms with Gasteiger partial charge in [-0.3, -0.25) is 4.99 Å². The summed E-state index contributed by atoms with van der Waals surface area (Å²) in [6, 6.07) is 5.92. The molecule has 0 aliphatic heterocycles. The number of hydrogen-bond donors (Lipinski definition) is 0. The molecule has 82 valence electrons. The molecule has 0 atom stereocenters. The quantitative estimate of drug-likeness (QED) is 0.540. The Balaban J connectivity index is 3.08. The molecule has 0 heterocycles. The Morgan fingerprint density at radius 1 is 1.40 bits per heavy atom. The summed E-state index contributed by atoms with van der Waals surface area (Å²) in [6.07, 6.45) is 0.972. The smallest absolute Gasteiger partial charge is 0.0538 e. The Kier molecular flexibility index (Phi) is 3.72. The monoisotopic (exact) mass is 205 g/mol. The molecule has 15 heavy (non-hydrogen) atoms. The predicted molar refractivity (Wildman–Crippen MR) is 62.3 cm³/mol. The van der Waals surface area contributed by atoms with Gasteiger partial charge in [-0.25, -0.2) is 0 Å². The number of anilines is 1. The van der Waals surface area contributed by atoms with Crippen LogP contribution in [0.15, 0.2) is 23.2 Å². The molecule has 1 aromatic rings. The van der Waals surface area contributed by atoms with Crippen LogP contribution in [0.4, 0.5) is 5.69 Å². The first-order valence-electron chi connectivity index (χ1n) is 5.06. The number of rotatable bonds is 2. The van der Waals surface area contributed by atoms with E-state index in [1.165, 1.54) is 18.2 Å². The fraction of sp³-hybridized carbons (Fsp3) is 0.417. The van der Waals surface area contributed by atoms with Crippen LogP contribution in [-0.4, -0.2) is 20.1 Å². The third-order valence-electron chi connectivity index (χ3n) is 2.40. The van der Waals surface area contributed by atoms with E-state index in [4.69, 9.17) is 0 Å². The van der Waals surface area contributed by atoms with Crippen LogP contribution in [-0.2, 0) is 6.42 Å². The van der Waals surface area contributed by atoms with Crippen molar-refractivity contribution in [2.45, 2.75) is 20.3 Å². The number of amidine groups is 1. The van der Waals surface area contributed by atoms with E-state index in [9.17, 15) is 5.11 Å². The van der Waals surface area contributed by atoms with Gasteiger partial charge in [0, 0.05) is 19.8 Å². The minimum atomic E-state index is -0.220. The molecule has 3 heteroatoms. The van der Waals surface area contributed by atoms with E-state index < -0.39 is 0 Å². The number of benzene rings is 1. The van der Waals surface area contributed by atoms with Gasteiger partial charge in [-0.1, -0.05) is 13.0 Å². The first-order chi connectivity index (χ1) is 7.08. The zero-order valence-electron chi connectivity index (χ0n) is 9.74. The molecule has 0 aliphatic rings. The molecule has 0 saturated heterocycles. The second-order valence-corrected chi connectivity index (χ2v) is 3.60. The zero-order chi connectivity index (χ0) is 11.4. The Labute approximate surface area is 91.1 Å². The standard InChI is InChI=1S/C12H18N2O/c1-5-10-6-9(2)7-11(8-10)14(4)12(15)13-3/h6-8H,5H2,1-4H3,(H,13,15)/p-1. The average molecular weight is 205 g/mol. The third kappa shape index (κ3) is 2.72. The van der Waals surface area contributed by atoms with Crippen molar-refractivity contribution in [3.05, 3.63) is 29.3 Å². The highest BCUT2D eigenvalue weighted by atomic mass is 16.3. The van der Waals surface area contributed by atoms with Crippen molar-refractivity contribution in [2.75, 3.05) is 19.0 Å². The molecule has 0 amide bonds. The molecule has 1 rings (SSSR count). The average Bonchev–Trinajstić information content (AvgIpc) is 2.26. The highest BCUT2D eigenvalue weighted by Gasteiger charge is 2.02. The Morgan fingerprint density at radius 2 is 2.07 bits per heavy atom. The molecule has 0 bridgehead atoms. The van der Waals surface area contributed by atoms with Gasteiger partial charge in [0.15, 0.2) is 0 Å². The van der Waals surface area contributed by atoms with Crippen molar-refractivity contribution in [3.63, 3.8) is 0 Å². The SMILES string of the molecule is CCc1cc(C)cc(N(C)C([O-])=NC)c1. The largest absolute Gasteiger partial charge is 0.846 e. The van der Waals surface area contributed by atoms with E-state index in [2.05, 4.69) is 18.0 Å². The number of hydrogen-bond acceptors (Lipinski definition) is 2. The summed E-state index contributed by atoms with van der Waals surface area (Å²) in [4.78, 5) is 5.20. The summed E-state index contributed by atoms with van der Waals surface area (Å²) < 4.78 is 0. The Morgan fingerprint density at radius 3 is 2.60 bits per heavy atom. The summed E-state index contributed by atoms with van der Waals surface area (Å²) in [5, 5.41) is 11.4. The third-order valence-corrected chi connectivity index (χ3v) is 2.40. The maximum Gasteiger partial charge on any atom is 0.0538 e. The Hall–Kier alpha value is -1.51. The van der Waals surface area contributed by atoms with Crippen LogP contribution in [0.3, 0.4) is 0 Å². The number of aliphatic imine (C=N–C) groups is 1. The van der Waals surface area contributed by atoms with Gasteiger partial charge in [0.05, 0.1) is 6.02 Å². The summed E-state index contributed by atoms with van der Waals surface area (Å²) in [6.45, 7) is 4.13. The minimum absolute atomic E-state index is 0.220. The van der Waals surface area contributed by atoms with E-state index in [0.29, 0.717) is 0 Å². The lowest BCUT2D eigenvalue weighted by molar-refractivity contribution is -0.217. The second-order valence-electron chi connectivity index (χ2n) is 3.60. The van der Waals surface area contributed by atoms with Crippen LogP contribution in [0.5, 0.6) is 0 Å². The van der Waals surface area contributed by atoms with Crippen molar-refractivity contribution >= 4 is 11.7 Å². The van der Waals surface area contributed by atoms with Gasteiger partial charge in [0.2, 0.25) is 0 Å². The second kappa shape index (κ2) is 4.82. The number of aryl methyl sites for hydroxylation is 2. The first kappa shape index (κ1) is 11.6. The minimum Gasteiger partial charge on any atom is -0.846 e. The molecule has 1 aromatic carbocycles. The van der Waals surface area contributed by atoms with Crippen LogP contribution in [0.25, 0.3) is 0 Å². The Bertz CT molecular complexity index is 372. The molecule has 0 saturated carbocycles. The molecule has 0 aromatic heterocycles. The zero-order valence-corrected chi connectivity index (χ0v) is 9.74. The highest BCUT2D eigenvalue weighted by molar-refractivity contribution is 5.88. The fourth-order valence-electron chi connectivity index (χ4n) is 1.50. The molecule has 0 spiro atoms. The van der Waals surface area contributed by atoms with Crippen LogP contribution in [0.1, 0.15) is 18.1 Å². The van der Waals surface area contributed by atoms with Crippen LogP contribution >= 0.6 is 0 Å². The van der Waals surface area contributed by atoms with Gasteiger partial charge < -0.3 is 10.0 Å². The van der Waals surface area contributed by atoms with Gasteiger partial charge in [-0.2, -0.15) is 0 Å². The first-order valence-corrected chi connectivity index (χ1v) is 5.06. The lowest BCUT2D eigenvalue weighted by Crippen LogP contribution is -2.37. The summed E-state index contributed by atoms with van der Waals surface area (Å²) in [5.74, 6) is 0. The lowest BCUT2D eigenvalue weighted by atomic mass is 10.1. The van der Waals surface area contributed by atoms with Gasteiger partial charge in [-0.15, -0.1) is 0 Å².